The molecule has 0 bridgehead atoms. The Morgan fingerprint density at radius 3 is 2.39 bits per heavy atom. The minimum atomic E-state index is -1.44. The normalized spacial score (nSPS) is 12.2. The molecule has 1 rings (SSSR count). The topological polar surface area (TPSA) is 26.3 Å². The summed E-state index contributed by atoms with van der Waals surface area (Å²) in [6.45, 7) is 7.95. The number of esters is 1. The van der Waals surface area contributed by atoms with Gasteiger partial charge < -0.3 is 4.74 Å². The molecule has 3 heteroatoms. The molecule has 0 radical (unpaired) electrons. The number of hydrogen-bond acceptors (Lipinski definition) is 2. The summed E-state index contributed by atoms with van der Waals surface area (Å²) in [5, 5.41) is 0. The summed E-state index contributed by atoms with van der Waals surface area (Å²) in [6, 6.07) is 9.97. The van der Waals surface area contributed by atoms with Gasteiger partial charge in [-0.2, -0.15) is 0 Å². The molecule has 0 aromatic heterocycles. The number of carbonyl (C=O) groups is 1. The molecular formula is C15H20O2Si. The van der Waals surface area contributed by atoms with E-state index in [1.54, 1.807) is 0 Å². The number of ether oxygens (including phenoxy) is 1. The second-order valence-electron chi connectivity index (χ2n) is 5.31. The molecule has 0 aliphatic heterocycles. The van der Waals surface area contributed by atoms with E-state index in [0.717, 1.165) is 5.56 Å². The molecule has 0 saturated heterocycles. The smallest absolute Gasteiger partial charge is 0.303 e. The Labute approximate surface area is 110 Å². The molecule has 18 heavy (non-hydrogen) atoms. The molecule has 0 aliphatic rings. The highest BCUT2D eigenvalue weighted by Gasteiger charge is 2.12. The minimum Gasteiger partial charge on any atom is -0.449 e. The summed E-state index contributed by atoms with van der Waals surface area (Å²) in [6.07, 6.45) is 0.314. The lowest BCUT2D eigenvalue weighted by atomic mass is 10.1. The Morgan fingerprint density at radius 2 is 1.89 bits per heavy atom. The number of hydrogen-bond donors (Lipinski definition) is 0. The Kier molecular flexibility index (Phi) is 5.18. The van der Waals surface area contributed by atoms with Gasteiger partial charge in [-0.25, -0.2) is 0 Å². The van der Waals surface area contributed by atoms with Gasteiger partial charge in [0.05, 0.1) is 0 Å². The molecule has 0 unspecified atom stereocenters. The van der Waals surface area contributed by atoms with Gasteiger partial charge >= 0.3 is 5.97 Å². The molecule has 0 amide bonds. The molecular weight excluding hydrogens is 240 g/mol. The minimum absolute atomic E-state index is 0.277. The van der Waals surface area contributed by atoms with Crippen molar-refractivity contribution in [3.8, 4) is 11.5 Å². The number of benzene rings is 1. The van der Waals surface area contributed by atoms with E-state index in [9.17, 15) is 4.79 Å². The highest BCUT2D eigenvalue weighted by molar-refractivity contribution is 6.83. The fraction of sp³-hybridized carbons (Fsp3) is 0.400. The molecule has 1 aromatic rings. The van der Waals surface area contributed by atoms with E-state index in [2.05, 4.69) is 31.1 Å². The van der Waals surface area contributed by atoms with Crippen LogP contribution in [0.1, 0.15) is 12.5 Å². The molecule has 0 fully saturated rings. The molecule has 1 aromatic carbocycles. The summed E-state index contributed by atoms with van der Waals surface area (Å²) >= 11 is 0. The zero-order chi connectivity index (χ0) is 13.6. The van der Waals surface area contributed by atoms with Gasteiger partial charge in [0.15, 0.2) is 6.10 Å². The molecule has 0 aliphatic carbocycles. The molecule has 0 N–H and O–H groups in total. The fourth-order valence-corrected chi connectivity index (χ4v) is 2.04. The first-order chi connectivity index (χ1) is 8.37. The van der Waals surface area contributed by atoms with E-state index in [-0.39, 0.29) is 12.1 Å². The first-order valence-corrected chi connectivity index (χ1v) is 9.61. The Balaban J connectivity index is 2.78. The maximum Gasteiger partial charge on any atom is 0.303 e. The molecule has 1 atom stereocenters. The van der Waals surface area contributed by atoms with Crippen molar-refractivity contribution in [3.05, 3.63) is 35.9 Å². The third kappa shape index (κ3) is 6.26. The Bertz CT molecular complexity index is 449. The van der Waals surface area contributed by atoms with Crippen molar-refractivity contribution in [2.75, 3.05) is 0 Å². The quantitative estimate of drug-likeness (QED) is 0.474. The van der Waals surface area contributed by atoms with Crippen LogP contribution in [0.25, 0.3) is 0 Å². The highest BCUT2D eigenvalue weighted by atomic mass is 28.3. The summed E-state index contributed by atoms with van der Waals surface area (Å²) in [5.41, 5.74) is 4.39. The van der Waals surface area contributed by atoms with Crippen molar-refractivity contribution in [1.29, 1.82) is 0 Å². The molecule has 0 heterocycles. The van der Waals surface area contributed by atoms with Crippen molar-refractivity contribution >= 4 is 14.0 Å². The van der Waals surface area contributed by atoms with Gasteiger partial charge in [0.25, 0.3) is 0 Å². The average molecular weight is 260 g/mol. The maximum absolute atomic E-state index is 11.1. The second kappa shape index (κ2) is 6.41. The van der Waals surface area contributed by atoms with Crippen LogP contribution in [0.3, 0.4) is 0 Å². The van der Waals surface area contributed by atoms with E-state index in [0.29, 0.717) is 6.42 Å². The van der Waals surface area contributed by atoms with Gasteiger partial charge in [0.1, 0.15) is 8.07 Å². The average Bonchev–Trinajstić information content (AvgIpc) is 2.25. The zero-order valence-electron chi connectivity index (χ0n) is 11.5. The van der Waals surface area contributed by atoms with Crippen LogP contribution in [0.2, 0.25) is 19.6 Å². The highest BCUT2D eigenvalue weighted by Crippen LogP contribution is 2.07. The van der Waals surface area contributed by atoms with Gasteiger partial charge in [-0.15, -0.1) is 5.54 Å². The van der Waals surface area contributed by atoms with Crippen LogP contribution in [-0.2, 0) is 16.0 Å². The van der Waals surface area contributed by atoms with Gasteiger partial charge in [0, 0.05) is 13.3 Å². The Hall–Kier alpha value is -1.53. The van der Waals surface area contributed by atoms with Crippen LogP contribution in [0.5, 0.6) is 0 Å². The summed E-state index contributed by atoms with van der Waals surface area (Å²) in [7, 11) is -1.44. The van der Waals surface area contributed by atoms with Crippen molar-refractivity contribution < 1.29 is 9.53 Å². The van der Waals surface area contributed by atoms with Gasteiger partial charge in [-0.05, 0) is 5.56 Å². The summed E-state index contributed by atoms with van der Waals surface area (Å²) in [5.74, 6) is 2.83. The van der Waals surface area contributed by atoms with Crippen LogP contribution in [0.4, 0.5) is 0 Å². The molecule has 96 valence electrons. The van der Waals surface area contributed by atoms with E-state index in [4.69, 9.17) is 4.74 Å². The molecule has 2 nitrogen and oxygen atoms in total. The van der Waals surface area contributed by atoms with Gasteiger partial charge in [0.2, 0.25) is 0 Å². The first kappa shape index (κ1) is 14.5. The number of carbonyl (C=O) groups excluding carboxylic acids is 1. The fourth-order valence-electron chi connectivity index (χ4n) is 1.45. The molecule has 0 spiro atoms. The third-order valence-electron chi connectivity index (χ3n) is 2.18. The Morgan fingerprint density at radius 1 is 1.28 bits per heavy atom. The second-order valence-corrected chi connectivity index (χ2v) is 10.1. The lowest BCUT2D eigenvalue weighted by molar-refractivity contribution is -0.143. The summed E-state index contributed by atoms with van der Waals surface area (Å²) < 4.78 is 5.26. The standard InChI is InChI=1S/C15H20O2Si/c1-13(16)17-15(10-11-18(2,3)4)12-14-8-6-5-7-9-14/h5-9,15H,12H2,1-4H3/t15-/m0/s1. The van der Waals surface area contributed by atoms with Crippen LogP contribution >= 0.6 is 0 Å². The zero-order valence-corrected chi connectivity index (χ0v) is 12.5. The monoisotopic (exact) mass is 260 g/mol. The lowest BCUT2D eigenvalue weighted by Gasteiger charge is -2.12. The van der Waals surface area contributed by atoms with Crippen LogP contribution in [0, 0.1) is 11.5 Å². The van der Waals surface area contributed by atoms with Gasteiger partial charge in [-0.1, -0.05) is 55.9 Å². The van der Waals surface area contributed by atoms with Crippen molar-refractivity contribution in [2.24, 2.45) is 0 Å². The molecule has 0 saturated carbocycles. The predicted molar refractivity (Wildman–Crippen MR) is 76.8 cm³/mol. The summed E-state index contributed by atoms with van der Waals surface area (Å²) in [4.78, 5) is 11.1. The first-order valence-electron chi connectivity index (χ1n) is 6.11. The van der Waals surface area contributed by atoms with Crippen LogP contribution in [-0.4, -0.2) is 20.1 Å². The van der Waals surface area contributed by atoms with E-state index in [1.807, 2.05) is 30.3 Å². The van der Waals surface area contributed by atoms with Crippen molar-refractivity contribution in [2.45, 2.75) is 39.1 Å². The van der Waals surface area contributed by atoms with E-state index >= 15 is 0 Å². The van der Waals surface area contributed by atoms with E-state index < -0.39 is 8.07 Å². The number of rotatable bonds is 3. The SMILES string of the molecule is CC(=O)O[C@@H](C#C[Si](C)(C)C)Cc1ccccc1. The third-order valence-corrected chi connectivity index (χ3v) is 3.07. The van der Waals surface area contributed by atoms with Crippen LogP contribution < -0.4 is 0 Å². The lowest BCUT2D eigenvalue weighted by Crippen LogP contribution is -2.21. The van der Waals surface area contributed by atoms with Crippen molar-refractivity contribution in [3.63, 3.8) is 0 Å². The van der Waals surface area contributed by atoms with E-state index in [1.165, 1.54) is 6.92 Å². The predicted octanol–water partition coefficient (Wildman–Crippen LogP) is 3.04. The largest absolute Gasteiger partial charge is 0.449 e. The van der Waals surface area contributed by atoms with Crippen molar-refractivity contribution in [1.82, 2.24) is 0 Å². The maximum atomic E-state index is 11.1. The van der Waals surface area contributed by atoms with Crippen LogP contribution in [0.15, 0.2) is 30.3 Å². The van der Waals surface area contributed by atoms with Gasteiger partial charge in [-0.3, -0.25) is 4.79 Å².